The number of rotatable bonds is 5. The predicted molar refractivity (Wildman–Crippen MR) is 88.8 cm³/mol. The van der Waals surface area contributed by atoms with Gasteiger partial charge >= 0.3 is 0 Å². The van der Waals surface area contributed by atoms with Crippen LogP contribution in [0.3, 0.4) is 0 Å². The molecule has 1 fully saturated rings. The smallest absolute Gasteiger partial charge is 0.115 e. The summed E-state index contributed by atoms with van der Waals surface area (Å²) in [6.45, 7) is 0. The molecule has 2 heteroatoms. The van der Waals surface area contributed by atoms with Crippen molar-refractivity contribution in [2.75, 3.05) is 0 Å². The van der Waals surface area contributed by atoms with E-state index in [4.69, 9.17) is 0 Å². The van der Waals surface area contributed by atoms with Crippen molar-refractivity contribution in [3.8, 4) is 5.75 Å². The lowest BCUT2D eigenvalue weighted by Crippen LogP contribution is -2.02. The lowest BCUT2D eigenvalue weighted by molar-refractivity contribution is 0.157. The van der Waals surface area contributed by atoms with Crippen molar-refractivity contribution in [1.29, 1.82) is 0 Å². The van der Waals surface area contributed by atoms with E-state index < -0.39 is 6.10 Å². The van der Waals surface area contributed by atoms with Gasteiger partial charge in [0.1, 0.15) is 5.75 Å². The number of hydrogen-bond donors (Lipinski definition) is 2. The van der Waals surface area contributed by atoms with Crippen LogP contribution in [0.1, 0.15) is 55.3 Å². The van der Waals surface area contributed by atoms with Crippen LogP contribution in [-0.4, -0.2) is 10.2 Å². The van der Waals surface area contributed by atoms with Crippen LogP contribution >= 0.6 is 0 Å². The SMILES string of the molecule is Oc1ccc(C(O)CCC2CCC(c3ccccc3)C2)cc1. The van der Waals surface area contributed by atoms with Gasteiger partial charge in [0.15, 0.2) is 0 Å². The zero-order valence-corrected chi connectivity index (χ0v) is 12.9. The summed E-state index contributed by atoms with van der Waals surface area (Å²) >= 11 is 0. The van der Waals surface area contributed by atoms with E-state index in [2.05, 4.69) is 30.3 Å². The molecule has 0 aromatic heterocycles. The van der Waals surface area contributed by atoms with E-state index in [0.29, 0.717) is 5.92 Å². The zero-order valence-electron chi connectivity index (χ0n) is 12.9. The topological polar surface area (TPSA) is 40.5 Å². The van der Waals surface area contributed by atoms with Gasteiger partial charge in [-0.25, -0.2) is 0 Å². The number of phenolic OH excluding ortho intramolecular Hbond substituents is 1. The van der Waals surface area contributed by atoms with Gasteiger partial charge in [0, 0.05) is 0 Å². The molecule has 0 heterocycles. The monoisotopic (exact) mass is 296 g/mol. The molecule has 1 saturated carbocycles. The minimum absolute atomic E-state index is 0.248. The predicted octanol–water partition coefficient (Wildman–Crippen LogP) is 4.79. The first-order valence-electron chi connectivity index (χ1n) is 8.24. The highest BCUT2D eigenvalue weighted by atomic mass is 16.3. The Hall–Kier alpha value is -1.80. The third-order valence-corrected chi connectivity index (χ3v) is 4.94. The number of aliphatic hydroxyl groups is 1. The van der Waals surface area contributed by atoms with Crippen LogP contribution in [0.15, 0.2) is 54.6 Å². The van der Waals surface area contributed by atoms with Crippen LogP contribution in [-0.2, 0) is 0 Å². The first-order valence-corrected chi connectivity index (χ1v) is 8.24. The largest absolute Gasteiger partial charge is 0.508 e. The molecule has 3 rings (SSSR count). The average molecular weight is 296 g/mol. The Morgan fingerprint density at radius 1 is 0.955 bits per heavy atom. The van der Waals surface area contributed by atoms with Gasteiger partial charge < -0.3 is 10.2 Å². The lowest BCUT2D eigenvalue weighted by atomic mass is 9.93. The highest BCUT2D eigenvalue weighted by Gasteiger charge is 2.26. The molecule has 0 spiro atoms. The van der Waals surface area contributed by atoms with Crippen LogP contribution < -0.4 is 0 Å². The van der Waals surface area contributed by atoms with Crippen molar-refractivity contribution in [2.24, 2.45) is 5.92 Å². The van der Waals surface area contributed by atoms with Gasteiger partial charge in [-0.05, 0) is 67.2 Å². The summed E-state index contributed by atoms with van der Waals surface area (Å²) in [5.41, 5.74) is 2.36. The van der Waals surface area contributed by atoms with Gasteiger partial charge in [-0.15, -0.1) is 0 Å². The molecule has 0 saturated heterocycles. The summed E-state index contributed by atoms with van der Waals surface area (Å²) in [7, 11) is 0. The first kappa shape index (κ1) is 15.1. The van der Waals surface area contributed by atoms with Crippen molar-refractivity contribution >= 4 is 0 Å². The summed E-state index contributed by atoms with van der Waals surface area (Å²) in [5, 5.41) is 19.6. The van der Waals surface area contributed by atoms with E-state index >= 15 is 0 Å². The molecular formula is C20H24O2. The molecule has 0 amide bonds. The minimum atomic E-state index is -0.420. The fourth-order valence-corrected chi connectivity index (χ4v) is 3.62. The third kappa shape index (κ3) is 3.69. The second-order valence-electron chi connectivity index (χ2n) is 6.47. The quantitative estimate of drug-likeness (QED) is 0.833. The molecule has 2 nitrogen and oxygen atoms in total. The van der Waals surface area contributed by atoms with Gasteiger partial charge in [-0.1, -0.05) is 42.5 Å². The number of benzene rings is 2. The maximum atomic E-state index is 10.3. The fraction of sp³-hybridized carbons (Fsp3) is 0.400. The molecule has 1 aliphatic rings. The highest BCUT2D eigenvalue weighted by molar-refractivity contribution is 5.27. The Bertz CT molecular complexity index is 576. The number of phenols is 1. The van der Waals surface area contributed by atoms with Gasteiger partial charge in [0.25, 0.3) is 0 Å². The summed E-state index contributed by atoms with van der Waals surface area (Å²) in [5.74, 6) is 1.66. The molecule has 0 aliphatic heterocycles. The van der Waals surface area contributed by atoms with E-state index in [1.165, 1.54) is 24.8 Å². The number of aliphatic hydroxyl groups excluding tert-OH is 1. The van der Waals surface area contributed by atoms with Crippen molar-refractivity contribution in [3.05, 3.63) is 65.7 Å². The molecule has 3 atom stereocenters. The maximum Gasteiger partial charge on any atom is 0.115 e. The first-order chi connectivity index (χ1) is 10.7. The Morgan fingerprint density at radius 3 is 2.41 bits per heavy atom. The van der Waals surface area contributed by atoms with E-state index in [1.54, 1.807) is 24.3 Å². The lowest BCUT2D eigenvalue weighted by Gasteiger charge is -2.15. The normalized spacial score (nSPS) is 22.6. The molecule has 2 N–H and O–H groups in total. The van der Waals surface area contributed by atoms with Crippen LogP contribution in [0.5, 0.6) is 5.75 Å². The van der Waals surface area contributed by atoms with Crippen LogP contribution in [0, 0.1) is 5.92 Å². The van der Waals surface area contributed by atoms with Crippen LogP contribution in [0.2, 0.25) is 0 Å². The standard InChI is InChI=1S/C20H24O2/c21-19-11-9-17(10-12-19)20(22)13-7-15-6-8-18(14-15)16-4-2-1-3-5-16/h1-5,9-12,15,18,20-22H,6-8,13-14H2. The third-order valence-electron chi connectivity index (χ3n) is 4.94. The van der Waals surface area contributed by atoms with Gasteiger partial charge in [0.05, 0.1) is 6.10 Å². The van der Waals surface area contributed by atoms with Crippen molar-refractivity contribution in [3.63, 3.8) is 0 Å². The number of aromatic hydroxyl groups is 1. The summed E-state index contributed by atoms with van der Waals surface area (Å²) in [4.78, 5) is 0. The fourth-order valence-electron chi connectivity index (χ4n) is 3.62. The molecule has 22 heavy (non-hydrogen) atoms. The molecule has 0 bridgehead atoms. The molecule has 1 aliphatic carbocycles. The average Bonchev–Trinajstić information content (AvgIpc) is 3.03. The summed E-state index contributed by atoms with van der Waals surface area (Å²) in [6.07, 6.45) is 5.23. The zero-order chi connectivity index (χ0) is 15.4. The molecule has 2 aromatic carbocycles. The van der Waals surface area contributed by atoms with Gasteiger partial charge in [-0.2, -0.15) is 0 Å². The highest BCUT2D eigenvalue weighted by Crippen LogP contribution is 2.41. The molecule has 2 aromatic rings. The van der Waals surface area contributed by atoms with Crippen molar-refractivity contribution in [2.45, 2.75) is 44.1 Å². The summed E-state index contributed by atoms with van der Waals surface area (Å²) in [6, 6.07) is 17.7. The maximum absolute atomic E-state index is 10.3. The van der Waals surface area contributed by atoms with Gasteiger partial charge in [-0.3, -0.25) is 0 Å². The van der Waals surface area contributed by atoms with Crippen molar-refractivity contribution < 1.29 is 10.2 Å². The van der Waals surface area contributed by atoms with E-state index in [-0.39, 0.29) is 5.75 Å². The van der Waals surface area contributed by atoms with Crippen LogP contribution in [0.25, 0.3) is 0 Å². The van der Waals surface area contributed by atoms with Gasteiger partial charge in [0.2, 0.25) is 0 Å². The Morgan fingerprint density at radius 2 is 1.68 bits per heavy atom. The van der Waals surface area contributed by atoms with Crippen LogP contribution in [0.4, 0.5) is 0 Å². The second kappa shape index (κ2) is 6.97. The van der Waals surface area contributed by atoms with E-state index in [0.717, 1.165) is 24.3 Å². The second-order valence-corrected chi connectivity index (χ2v) is 6.47. The molecule has 116 valence electrons. The summed E-state index contributed by atoms with van der Waals surface area (Å²) < 4.78 is 0. The number of hydrogen-bond acceptors (Lipinski definition) is 2. The molecule has 0 radical (unpaired) electrons. The van der Waals surface area contributed by atoms with Crippen molar-refractivity contribution in [1.82, 2.24) is 0 Å². The molecule has 3 unspecified atom stereocenters. The van der Waals surface area contributed by atoms with E-state index in [1.807, 2.05) is 0 Å². The van der Waals surface area contributed by atoms with E-state index in [9.17, 15) is 10.2 Å². The Balaban J connectivity index is 1.49. The Labute approximate surface area is 132 Å². The Kier molecular flexibility index (Phi) is 4.79. The minimum Gasteiger partial charge on any atom is -0.508 e. The molecular weight excluding hydrogens is 272 g/mol.